The Morgan fingerprint density at radius 3 is 2.65 bits per heavy atom. The molecule has 0 aliphatic carbocycles. The number of terminal acetylenes is 1. The monoisotopic (exact) mass is 326 g/mol. The van der Waals surface area contributed by atoms with Crippen LogP contribution in [0.25, 0.3) is 10.4 Å². The molecular weight excluding hydrogens is 319 g/mol. The molecule has 0 saturated carbocycles. The molecule has 1 aromatic heterocycles. The summed E-state index contributed by atoms with van der Waals surface area (Å²) in [6.45, 7) is -0.471. The van der Waals surface area contributed by atoms with Crippen LogP contribution in [0.4, 0.5) is 0 Å². The molecule has 1 N–H and O–H groups in total. The summed E-state index contributed by atoms with van der Waals surface area (Å²) in [5.41, 5.74) is 1.03. The van der Waals surface area contributed by atoms with Crippen molar-refractivity contribution in [1.29, 1.82) is 0 Å². The van der Waals surface area contributed by atoms with Crippen LogP contribution in [0.3, 0.4) is 0 Å². The molecule has 0 fully saturated rings. The van der Waals surface area contributed by atoms with Gasteiger partial charge in [0.15, 0.2) is 6.61 Å². The lowest BCUT2D eigenvalue weighted by atomic mass is 10.1. The van der Waals surface area contributed by atoms with Crippen LogP contribution in [0.1, 0.15) is 5.56 Å². The van der Waals surface area contributed by atoms with E-state index in [2.05, 4.69) is 5.92 Å². The van der Waals surface area contributed by atoms with Gasteiger partial charge in [-0.05, 0) is 24.3 Å². The van der Waals surface area contributed by atoms with Gasteiger partial charge in [0.05, 0.1) is 14.9 Å². The van der Waals surface area contributed by atoms with Gasteiger partial charge in [0, 0.05) is 10.4 Å². The molecule has 0 spiro atoms. The first-order valence-corrected chi connectivity index (χ1v) is 6.99. The van der Waals surface area contributed by atoms with Gasteiger partial charge in [0.25, 0.3) is 0 Å². The van der Waals surface area contributed by atoms with Crippen LogP contribution >= 0.6 is 34.5 Å². The van der Waals surface area contributed by atoms with Gasteiger partial charge in [0.1, 0.15) is 5.75 Å². The number of carboxylic acid groups (broad SMARTS) is 1. The van der Waals surface area contributed by atoms with Crippen molar-refractivity contribution >= 4 is 40.5 Å². The minimum Gasteiger partial charge on any atom is -0.481 e. The summed E-state index contributed by atoms with van der Waals surface area (Å²) in [6.07, 6.45) is 5.51. The fraction of sp³-hybridized carbons (Fsp3) is 0.0714. The molecule has 0 bridgehead atoms. The Morgan fingerprint density at radius 1 is 1.35 bits per heavy atom. The lowest BCUT2D eigenvalue weighted by molar-refractivity contribution is -0.139. The molecule has 102 valence electrons. The Labute approximate surface area is 129 Å². The van der Waals surface area contributed by atoms with Gasteiger partial charge >= 0.3 is 5.97 Å². The lowest BCUT2D eigenvalue weighted by Gasteiger charge is -2.11. The van der Waals surface area contributed by atoms with Gasteiger partial charge in [-0.2, -0.15) is 0 Å². The highest BCUT2D eigenvalue weighted by molar-refractivity contribution is 7.19. The van der Waals surface area contributed by atoms with Gasteiger partial charge in [-0.25, -0.2) is 4.79 Å². The zero-order chi connectivity index (χ0) is 14.7. The first-order chi connectivity index (χ1) is 9.52. The number of hydrogen-bond donors (Lipinski definition) is 1. The van der Waals surface area contributed by atoms with Crippen molar-refractivity contribution in [3.63, 3.8) is 0 Å². The van der Waals surface area contributed by atoms with E-state index in [-0.39, 0.29) is 0 Å². The van der Waals surface area contributed by atoms with E-state index in [1.807, 2.05) is 0 Å². The summed E-state index contributed by atoms with van der Waals surface area (Å²) in [6, 6.07) is 6.71. The number of carbonyl (C=O) groups is 1. The third-order valence-corrected chi connectivity index (χ3v) is 3.99. The zero-order valence-corrected chi connectivity index (χ0v) is 12.4. The summed E-state index contributed by atoms with van der Waals surface area (Å²) < 4.78 is 5.79. The Morgan fingerprint density at radius 2 is 2.10 bits per heavy atom. The number of aliphatic carboxylic acids is 1. The van der Waals surface area contributed by atoms with E-state index in [0.717, 1.165) is 4.88 Å². The topological polar surface area (TPSA) is 46.5 Å². The molecule has 0 atom stereocenters. The fourth-order valence-corrected chi connectivity index (χ4v) is 3.07. The predicted octanol–water partition coefficient (Wildman–Crippen LogP) is 4.17. The van der Waals surface area contributed by atoms with E-state index in [4.69, 9.17) is 39.5 Å². The van der Waals surface area contributed by atoms with Crippen molar-refractivity contribution in [2.75, 3.05) is 6.61 Å². The molecule has 20 heavy (non-hydrogen) atoms. The standard InChI is InChI=1S/C14H8Cl2O3S/c1-2-8-10(19-7-13(17)18)4-3-9(15)14(8)11-5-6-12(16)20-11/h1,3-6H,7H2,(H,17,18). The molecule has 2 aromatic rings. The van der Waals surface area contributed by atoms with Crippen LogP contribution in [0, 0.1) is 12.3 Å². The molecule has 3 nitrogen and oxygen atoms in total. The second kappa shape index (κ2) is 6.19. The van der Waals surface area contributed by atoms with Crippen molar-refractivity contribution in [2.45, 2.75) is 0 Å². The van der Waals surface area contributed by atoms with Crippen LogP contribution in [0.15, 0.2) is 24.3 Å². The van der Waals surface area contributed by atoms with Gasteiger partial charge in [-0.15, -0.1) is 17.8 Å². The first-order valence-electron chi connectivity index (χ1n) is 5.42. The lowest BCUT2D eigenvalue weighted by Crippen LogP contribution is -2.10. The number of ether oxygens (including phenoxy) is 1. The smallest absolute Gasteiger partial charge is 0.341 e. The highest BCUT2D eigenvalue weighted by atomic mass is 35.5. The van der Waals surface area contributed by atoms with Crippen LogP contribution in [-0.4, -0.2) is 17.7 Å². The highest BCUT2D eigenvalue weighted by Crippen LogP contribution is 2.40. The van der Waals surface area contributed by atoms with Gasteiger partial charge in [-0.3, -0.25) is 0 Å². The molecule has 0 aliphatic heterocycles. The SMILES string of the molecule is C#Cc1c(OCC(=O)O)ccc(Cl)c1-c1ccc(Cl)s1. The normalized spacial score (nSPS) is 10.1. The summed E-state index contributed by atoms with van der Waals surface area (Å²) in [5, 5.41) is 9.12. The quantitative estimate of drug-likeness (QED) is 0.858. The number of benzene rings is 1. The van der Waals surface area contributed by atoms with Crippen LogP contribution in [-0.2, 0) is 4.79 Å². The van der Waals surface area contributed by atoms with E-state index in [1.54, 1.807) is 24.3 Å². The van der Waals surface area contributed by atoms with E-state index >= 15 is 0 Å². The summed E-state index contributed by atoms with van der Waals surface area (Å²) >= 11 is 13.4. The second-order valence-corrected chi connectivity index (χ2v) is 5.85. The maximum Gasteiger partial charge on any atom is 0.341 e. The van der Waals surface area contributed by atoms with E-state index in [0.29, 0.717) is 26.2 Å². The number of carboxylic acids is 1. The van der Waals surface area contributed by atoms with Gasteiger partial charge in [-0.1, -0.05) is 29.1 Å². The molecule has 6 heteroatoms. The maximum absolute atomic E-state index is 10.6. The molecule has 1 heterocycles. The minimum atomic E-state index is -1.08. The molecule has 0 unspecified atom stereocenters. The van der Waals surface area contributed by atoms with Crippen LogP contribution < -0.4 is 4.74 Å². The minimum absolute atomic E-state index is 0.304. The molecule has 0 radical (unpaired) electrons. The van der Waals surface area contributed by atoms with Crippen molar-refractivity contribution in [3.8, 4) is 28.5 Å². The average molecular weight is 327 g/mol. The fourth-order valence-electron chi connectivity index (χ4n) is 1.65. The van der Waals surface area contributed by atoms with E-state index in [9.17, 15) is 4.79 Å². The summed E-state index contributed by atoms with van der Waals surface area (Å²) in [5.74, 6) is 1.72. The molecule has 0 aliphatic rings. The Balaban J connectivity index is 2.53. The zero-order valence-electron chi connectivity index (χ0n) is 10.0. The summed E-state index contributed by atoms with van der Waals surface area (Å²) in [4.78, 5) is 11.4. The highest BCUT2D eigenvalue weighted by Gasteiger charge is 2.16. The number of hydrogen-bond acceptors (Lipinski definition) is 3. The van der Waals surface area contributed by atoms with Crippen LogP contribution in [0.2, 0.25) is 9.36 Å². The molecule has 1 aromatic carbocycles. The van der Waals surface area contributed by atoms with Crippen molar-refractivity contribution < 1.29 is 14.6 Å². The van der Waals surface area contributed by atoms with Crippen LogP contribution in [0.5, 0.6) is 5.75 Å². The molecule has 0 amide bonds. The first kappa shape index (κ1) is 14.7. The van der Waals surface area contributed by atoms with Gasteiger partial charge in [0.2, 0.25) is 0 Å². The van der Waals surface area contributed by atoms with Crippen molar-refractivity contribution in [1.82, 2.24) is 0 Å². The second-order valence-electron chi connectivity index (χ2n) is 3.73. The number of rotatable bonds is 4. The maximum atomic E-state index is 10.6. The van der Waals surface area contributed by atoms with Gasteiger partial charge < -0.3 is 9.84 Å². The van der Waals surface area contributed by atoms with Crippen molar-refractivity contribution in [3.05, 3.63) is 39.2 Å². The molecule has 0 saturated heterocycles. The third-order valence-electron chi connectivity index (χ3n) is 2.43. The third kappa shape index (κ3) is 3.07. The average Bonchev–Trinajstić information content (AvgIpc) is 2.82. The summed E-state index contributed by atoms with van der Waals surface area (Å²) in [7, 11) is 0. The Hall–Kier alpha value is -1.67. The molecule has 2 rings (SSSR count). The van der Waals surface area contributed by atoms with Crippen molar-refractivity contribution in [2.24, 2.45) is 0 Å². The Bertz CT molecular complexity index is 701. The Kier molecular flexibility index (Phi) is 4.56. The number of halogens is 2. The van der Waals surface area contributed by atoms with E-state index in [1.165, 1.54) is 11.3 Å². The predicted molar refractivity (Wildman–Crippen MR) is 80.8 cm³/mol. The van der Waals surface area contributed by atoms with E-state index < -0.39 is 12.6 Å². The number of thiophene rings is 1. The largest absolute Gasteiger partial charge is 0.481 e. The molecular formula is C14H8Cl2O3S.